The summed E-state index contributed by atoms with van der Waals surface area (Å²) in [5, 5.41) is 3.35. The van der Waals surface area contributed by atoms with E-state index < -0.39 is 0 Å². The lowest BCUT2D eigenvalue weighted by molar-refractivity contribution is 0.0658. The lowest BCUT2D eigenvalue weighted by Crippen LogP contribution is -2.47. The maximum atomic E-state index is 12.5. The fourth-order valence-corrected chi connectivity index (χ4v) is 2.87. The molecule has 22 heavy (non-hydrogen) atoms. The molecule has 1 aromatic heterocycles. The molecule has 6 nitrogen and oxygen atoms in total. The van der Waals surface area contributed by atoms with Gasteiger partial charge in [-0.05, 0) is 32.0 Å². The SMILES string of the molecule is CN1CCN(C(=O)c2cc(NCC3CCCO3)ccn2)CC1. The molecule has 1 N–H and O–H groups in total. The third-order valence-electron chi connectivity index (χ3n) is 4.33. The second kappa shape index (κ2) is 7.07. The number of nitrogens with one attached hydrogen (secondary N) is 1. The van der Waals surface area contributed by atoms with E-state index in [1.807, 2.05) is 17.0 Å². The predicted molar refractivity (Wildman–Crippen MR) is 85.1 cm³/mol. The summed E-state index contributed by atoms with van der Waals surface area (Å²) in [5.74, 6) is 0.0221. The third kappa shape index (κ3) is 3.75. The van der Waals surface area contributed by atoms with Crippen molar-refractivity contribution in [1.82, 2.24) is 14.8 Å². The van der Waals surface area contributed by atoms with Crippen LogP contribution in [0.3, 0.4) is 0 Å². The van der Waals surface area contributed by atoms with Gasteiger partial charge in [-0.2, -0.15) is 0 Å². The van der Waals surface area contributed by atoms with Crippen molar-refractivity contribution >= 4 is 11.6 Å². The maximum absolute atomic E-state index is 12.5. The summed E-state index contributed by atoms with van der Waals surface area (Å²) in [6.07, 6.45) is 4.22. The first kappa shape index (κ1) is 15.2. The Morgan fingerprint density at radius 3 is 2.95 bits per heavy atom. The lowest BCUT2D eigenvalue weighted by Gasteiger charge is -2.32. The van der Waals surface area contributed by atoms with Gasteiger partial charge in [0, 0.05) is 51.2 Å². The van der Waals surface area contributed by atoms with Crippen LogP contribution in [0.2, 0.25) is 0 Å². The Morgan fingerprint density at radius 1 is 1.41 bits per heavy atom. The molecule has 1 aromatic rings. The highest BCUT2D eigenvalue weighted by molar-refractivity contribution is 5.93. The molecule has 1 amide bonds. The number of aromatic nitrogens is 1. The summed E-state index contributed by atoms with van der Waals surface area (Å²) in [7, 11) is 2.08. The van der Waals surface area contributed by atoms with Crippen LogP contribution >= 0.6 is 0 Å². The lowest BCUT2D eigenvalue weighted by atomic mass is 10.2. The molecule has 0 saturated carbocycles. The van der Waals surface area contributed by atoms with Crippen molar-refractivity contribution in [3.05, 3.63) is 24.0 Å². The molecule has 0 bridgehead atoms. The van der Waals surface area contributed by atoms with Gasteiger partial charge in [0.15, 0.2) is 0 Å². The number of ether oxygens (including phenoxy) is 1. The fraction of sp³-hybridized carbons (Fsp3) is 0.625. The van der Waals surface area contributed by atoms with Crippen LogP contribution in [0.5, 0.6) is 0 Å². The molecule has 2 aliphatic rings. The van der Waals surface area contributed by atoms with E-state index in [-0.39, 0.29) is 12.0 Å². The zero-order chi connectivity index (χ0) is 15.4. The molecule has 0 spiro atoms. The summed E-state index contributed by atoms with van der Waals surface area (Å²) < 4.78 is 5.60. The number of nitrogens with zero attached hydrogens (tertiary/aromatic N) is 3. The molecule has 1 atom stereocenters. The molecule has 6 heteroatoms. The highest BCUT2D eigenvalue weighted by Crippen LogP contribution is 2.15. The first-order chi connectivity index (χ1) is 10.7. The first-order valence-corrected chi connectivity index (χ1v) is 8.02. The van der Waals surface area contributed by atoms with Gasteiger partial charge in [-0.3, -0.25) is 9.78 Å². The number of anilines is 1. The van der Waals surface area contributed by atoms with Crippen LogP contribution in [0.4, 0.5) is 5.69 Å². The number of pyridine rings is 1. The smallest absolute Gasteiger partial charge is 0.272 e. The number of amides is 1. The Kier molecular flexibility index (Phi) is 4.90. The molecule has 0 radical (unpaired) electrons. The van der Waals surface area contributed by atoms with Crippen LogP contribution in [0, 0.1) is 0 Å². The summed E-state index contributed by atoms with van der Waals surface area (Å²) in [6.45, 7) is 5.02. The Labute approximate surface area is 131 Å². The van der Waals surface area contributed by atoms with E-state index in [1.165, 1.54) is 0 Å². The number of hydrogen-bond donors (Lipinski definition) is 1. The minimum Gasteiger partial charge on any atom is -0.382 e. The minimum absolute atomic E-state index is 0.0221. The van der Waals surface area contributed by atoms with Crippen molar-refractivity contribution in [3.63, 3.8) is 0 Å². The number of likely N-dealkylation sites (N-methyl/N-ethyl adjacent to an activating group) is 1. The summed E-state index contributed by atoms with van der Waals surface area (Å²) >= 11 is 0. The van der Waals surface area contributed by atoms with E-state index in [2.05, 4.69) is 22.2 Å². The van der Waals surface area contributed by atoms with Gasteiger partial charge < -0.3 is 19.9 Å². The molecule has 1 unspecified atom stereocenters. The van der Waals surface area contributed by atoms with Gasteiger partial charge >= 0.3 is 0 Å². The average molecular weight is 304 g/mol. The quantitative estimate of drug-likeness (QED) is 0.901. The molecule has 0 aliphatic carbocycles. The van der Waals surface area contributed by atoms with E-state index in [9.17, 15) is 4.79 Å². The van der Waals surface area contributed by atoms with E-state index in [0.29, 0.717) is 5.69 Å². The van der Waals surface area contributed by atoms with Crippen LogP contribution in [0.1, 0.15) is 23.3 Å². The monoisotopic (exact) mass is 304 g/mol. The zero-order valence-electron chi connectivity index (χ0n) is 13.1. The molecule has 3 rings (SSSR count). The molecule has 3 heterocycles. The van der Waals surface area contributed by atoms with Crippen molar-refractivity contribution in [1.29, 1.82) is 0 Å². The van der Waals surface area contributed by atoms with Crippen LogP contribution in [0.25, 0.3) is 0 Å². The van der Waals surface area contributed by atoms with Gasteiger partial charge in [0.2, 0.25) is 0 Å². The molecular weight excluding hydrogens is 280 g/mol. The van der Waals surface area contributed by atoms with E-state index >= 15 is 0 Å². The summed E-state index contributed by atoms with van der Waals surface area (Å²) in [4.78, 5) is 20.9. The number of hydrogen-bond acceptors (Lipinski definition) is 5. The van der Waals surface area contributed by atoms with Crippen molar-refractivity contribution in [2.75, 3.05) is 51.7 Å². The predicted octanol–water partition coefficient (Wildman–Crippen LogP) is 1.06. The maximum Gasteiger partial charge on any atom is 0.272 e. The van der Waals surface area contributed by atoms with E-state index in [0.717, 1.165) is 57.9 Å². The Hall–Kier alpha value is -1.66. The second-order valence-corrected chi connectivity index (χ2v) is 6.04. The van der Waals surface area contributed by atoms with Gasteiger partial charge in [-0.25, -0.2) is 0 Å². The van der Waals surface area contributed by atoms with Crippen molar-refractivity contribution in [3.8, 4) is 0 Å². The van der Waals surface area contributed by atoms with E-state index in [4.69, 9.17) is 4.74 Å². The Balaban J connectivity index is 1.59. The summed E-state index contributed by atoms with van der Waals surface area (Å²) in [6, 6.07) is 3.74. The van der Waals surface area contributed by atoms with Crippen LogP contribution in [0.15, 0.2) is 18.3 Å². The fourth-order valence-electron chi connectivity index (χ4n) is 2.87. The molecule has 2 saturated heterocycles. The summed E-state index contributed by atoms with van der Waals surface area (Å²) in [5.41, 5.74) is 1.45. The van der Waals surface area contributed by atoms with Gasteiger partial charge in [-0.15, -0.1) is 0 Å². The molecule has 120 valence electrons. The van der Waals surface area contributed by atoms with Crippen LogP contribution in [-0.2, 0) is 4.74 Å². The average Bonchev–Trinajstić information content (AvgIpc) is 3.07. The second-order valence-electron chi connectivity index (χ2n) is 6.04. The number of carbonyl (C=O) groups excluding carboxylic acids is 1. The van der Waals surface area contributed by atoms with E-state index in [1.54, 1.807) is 6.20 Å². The number of piperazine rings is 1. The first-order valence-electron chi connectivity index (χ1n) is 8.02. The Morgan fingerprint density at radius 2 is 2.23 bits per heavy atom. The van der Waals surface area contributed by atoms with Crippen LogP contribution < -0.4 is 5.32 Å². The van der Waals surface area contributed by atoms with Crippen molar-refractivity contribution in [2.24, 2.45) is 0 Å². The molecule has 2 fully saturated rings. The van der Waals surface area contributed by atoms with Crippen LogP contribution in [-0.4, -0.2) is 73.2 Å². The minimum atomic E-state index is 0.0221. The van der Waals surface area contributed by atoms with Crippen molar-refractivity contribution < 1.29 is 9.53 Å². The third-order valence-corrected chi connectivity index (χ3v) is 4.33. The van der Waals surface area contributed by atoms with Crippen molar-refractivity contribution in [2.45, 2.75) is 18.9 Å². The van der Waals surface area contributed by atoms with Gasteiger partial charge in [-0.1, -0.05) is 0 Å². The zero-order valence-corrected chi connectivity index (χ0v) is 13.1. The highest BCUT2D eigenvalue weighted by Gasteiger charge is 2.21. The molecular formula is C16H24N4O2. The number of carbonyl (C=O) groups is 1. The standard InChI is InChI=1S/C16H24N4O2/c1-19-6-8-20(9-7-19)16(21)15-11-13(4-5-17-15)18-12-14-3-2-10-22-14/h4-5,11,14H,2-3,6-10,12H2,1H3,(H,17,18). The van der Waals surface area contributed by atoms with Gasteiger partial charge in [0.25, 0.3) is 5.91 Å². The largest absolute Gasteiger partial charge is 0.382 e. The Bertz CT molecular complexity index is 509. The molecule has 0 aromatic carbocycles. The van der Waals surface area contributed by atoms with Gasteiger partial charge in [0.05, 0.1) is 6.10 Å². The highest BCUT2D eigenvalue weighted by atomic mass is 16.5. The van der Waals surface area contributed by atoms with Gasteiger partial charge in [0.1, 0.15) is 5.69 Å². The topological polar surface area (TPSA) is 57.7 Å². The molecule has 2 aliphatic heterocycles. The normalized spacial score (nSPS) is 22.8. The number of rotatable bonds is 4.